The Labute approximate surface area is 195 Å². The Bertz CT molecular complexity index is 1120. The number of amides is 1. The molecule has 3 rings (SSSR count). The molecule has 2 atom stereocenters. The van der Waals surface area contributed by atoms with E-state index in [2.05, 4.69) is 15.3 Å². The summed E-state index contributed by atoms with van der Waals surface area (Å²) in [5.74, 6) is -1.03. The van der Waals surface area contributed by atoms with Gasteiger partial charge < -0.3 is 9.88 Å². The zero-order valence-electron chi connectivity index (χ0n) is 20.0. The molecule has 11 heteroatoms. The van der Waals surface area contributed by atoms with Crippen molar-refractivity contribution in [3.8, 4) is 0 Å². The highest BCUT2D eigenvalue weighted by Gasteiger charge is 2.42. The molecule has 0 aromatic carbocycles. The molecule has 1 amide bonds. The van der Waals surface area contributed by atoms with Crippen LogP contribution >= 0.6 is 0 Å². The Kier molecular flexibility index (Phi) is 8.25. The molecule has 2 aromatic rings. The maximum absolute atomic E-state index is 13.1. The lowest BCUT2D eigenvalue weighted by Gasteiger charge is -2.31. The lowest BCUT2D eigenvalue weighted by molar-refractivity contribution is -0.184. The molecule has 1 fully saturated rings. The predicted molar refractivity (Wildman–Crippen MR) is 123 cm³/mol. The van der Waals surface area contributed by atoms with Crippen molar-refractivity contribution in [2.75, 3.05) is 0 Å². The molecule has 2 N–H and O–H groups in total. The van der Waals surface area contributed by atoms with Gasteiger partial charge in [0.25, 0.3) is 5.56 Å². The number of H-pyrrole nitrogens is 1. The summed E-state index contributed by atoms with van der Waals surface area (Å²) in [5.41, 5.74) is -0.420. The summed E-state index contributed by atoms with van der Waals surface area (Å²) in [6.07, 6.45) is -1.43. The zero-order chi connectivity index (χ0) is 25.0. The smallest absolute Gasteiger partial charge is 0.353 e. The van der Waals surface area contributed by atoms with Gasteiger partial charge in [0.05, 0.1) is 5.92 Å². The third kappa shape index (κ3) is 6.09. The van der Waals surface area contributed by atoms with Gasteiger partial charge in [-0.1, -0.05) is 33.6 Å². The number of alkyl halides is 3. The molecule has 0 radical (unpaired) electrons. The molecule has 0 saturated heterocycles. The van der Waals surface area contributed by atoms with Crippen molar-refractivity contribution in [1.82, 2.24) is 24.4 Å². The van der Waals surface area contributed by atoms with Crippen LogP contribution in [0.3, 0.4) is 0 Å². The van der Waals surface area contributed by atoms with Gasteiger partial charge in [-0.2, -0.15) is 13.2 Å². The van der Waals surface area contributed by atoms with Crippen molar-refractivity contribution in [2.45, 2.75) is 97.4 Å². The van der Waals surface area contributed by atoms with Gasteiger partial charge >= 0.3 is 11.9 Å². The van der Waals surface area contributed by atoms with Gasteiger partial charge in [-0.05, 0) is 31.6 Å². The molecular formula is C23H34F3N5O3. The molecule has 1 aliphatic rings. The first-order valence-corrected chi connectivity index (χ1v) is 12.1. The number of hydrogen-bond donors (Lipinski definition) is 2. The van der Waals surface area contributed by atoms with Crippen LogP contribution in [-0.2, 0) is 24.3 Å². The molecule has 2 heterocycles. The van der Waals surface area contributed by atoms with Gasteiger partial charge in [-0.25, -0.2) is 9.78 Å². The number of rotatable bonds is 9. The first-order valence-electron chi connectivity index (χ1n) is 12.1. The Morgan fingerprint density at radius 2 is 1.97 bits per heavy atom. The minimum Gasteiger partial charge on any atom is -0.353 e. The zero-order valence-corrected chi connectivity index (χ0v) is 20.0. The van der Waals surface area contributed by atoms with Crippen molar-refractivity contribution < 1.29 is 18.0 Å². The number of fused-ring (bicyclic) bond motifs is 1. The molecule has 34 heavy (non-hydrogen) atoms. The summed E-state index contributed by atoms with van der Waals surface area (Å²) in [7, 11) is 0. The second kappa shape index (κ2) is 10.8. The summed E-state index contributed by atoms with van der Waals surface area (Å²) in [4.78, 5) is 44.6. The van der Waals surface area contributed by atoms with Crippen LogP contribution in [0.15, 0.2) is 9.59 Å². The number of unbranched alkanes of at least 4 members (excludes halogenated alkanes) is 1. The topological polar surface area (TPSA) is 102 Å². The van der Waals surface area contributed by atoms with Crippen molar-refractivity contribution in [1.29, 1.82) is 0 Å². The molecule has 2 aromatic heterocycles. The number of nitrogens with one attached hydrogen (secondary N) is 2. The summed E-state index contributed by atoms with van der Waals surface area (Å²) in [6, 6.07) is -0.496. The third-order valence-electron chi connectivity index (χ3n) is 6.33. The number of aryl methyl sites for hydroxylation is 2. The minimum atomic E-state index is -4.24. The summed E-state index contributed by atoms with van der Waals surface area (Å²) in [5, 5.41) is 2.75. The van der Waals surface area contributed by atoms with E-state index in [9.17, 15) is 27.6 Å². The minimum absolute atomic E-state index is 0.0334. The van der Waals surface area contributed by atoms with Gasteiger partial charge in [0, 0.05) is 32.0 Å². The average molecular weight is 486 g/mol. The van der Waals surface area contributed by atoms with E-state index in [0.29, 0.717) is 42.9 Å². The Balaban J connectivity index is 1.80. The molecule has 8 nitrogen and oxygen atoms in total. The van der Waals surface area contributed by atoms with Crippen molar-refractivity contribution >= 4 is 17.1 Å². The monoisotopic (exact) mass is 485 g/mol. The fourth-order valence-electron chi connectivity index (χ4n) is 4.64. The number of carbonyl (C=O) groups excluding carboxylic acids is 1. The molecule has 1 aliphatic carbocycles. The number of aromatic amines is 1. The molecule has 1 saturated carbocycles. The lowest BCUT2D eigenvalue weighted by Crippen LogP contribution is -2.41. The summed E-state index contributed by atoms with van der Waals surface area (Å²) >= 11 is 0. The van der Waals surface area contributed by atoms with Gasteiger partial charge in [-0.3, -0.25) is 19.1 Å². The van der Waals surface area contributed by atoms with Crippen LogP contribution in [0.2, 0.25) is 0 Å². The van der Waals surface area contributed by atoms with Crippen molar-refractivity contribution in [2.24, 2.45) is 11.8 Å². The number of aromatic nitrogens is 4. The van der Waals surface area contributed by atoms with Crippen LogP contribution in [0.5, 0.6) is 0 Å². The quantitative estimate of drug-likeness (QED) is 0.568. The van der Waals surface area contributed by atoms with Gasteiger partial charge in [0.2, 0.25) is 5.91 Å². The normalized spacial score (nSPS) is 19.1. The first kappa shape index (κ1) is 26.0. The largest absolute Gasteiger partial charge is 0.391 e. The van der Waals surface area contributed by atoms with E-state index >= 15 is 0 Å². The molecule has 0 unspecified atom stereocenters. The maximum Gasteiger partial charge on any atom is 0.391 e. The van der Waals surface area contributed by atoms with Crippen LogP contribution in [0.4, 0.5) is 13.2 Å². The molecule has 0 aliphatic heterocycles. The number of carbonyl (C=O) groups is 1. The van der Waals surface area contributed by atoms with E-state index in [1.807, 2.05) is 20.8 Å². The number of hydrogen-bond acceptors (Lipinski definition) is 4. The van der Waals surface area contributed by atoms with Crippen LogP contribution < -0.4 is 16.6 Å². The average Bonchev–Trinajstić information content (AvgIpc) is 3.09. The first-order chi connectivity index (χ1) is 16.0. The lowest BCUT2D eigenvalue weighted by atomic mass is 9.85. The molecule has 0 bridgehead atoms. The Morgan fingerprint density at radius 1 is 1.24 bits per heavy atom. The van der Waals surface area contributed by atoms with Crippen LogP contribution in [-0.4, -0.2) is 37.2 Å². The van der Waals surface area contributed by atoms with E-state index in [1.165, 1.54) is 4.57 Å². The van der Waals surface area contributed by atoms with E-state index < -0.39 is 29.4 Å². The van der Waals surface area contributed by atoms with Crippen molar-refractivity contribution in [3.05, 3.63) is 26.7 Å². The van der Waals surface area contributed by atoms with E-state index in [0.717, 1.165) is 12.8 Å². The second-order valence-corrected chi connectivity index (χ2v) is 9.64. The van der Waals surface area contributed by atoms with Gasteiger partial charge in [-0.15, -0.1) is 0 Å². The van der Waals surface area contributed by atoms with Gasteiger partial charge in [0.1, 0.15) is 5.82 Å². The van der Waals surface area contributed by atoms with E-state index in [1.54, 1.807) is 4.57 Å². The maximum atomic E-state index is 13.1. The Morgan fingerprint density at radius 3 is 2.62 bits per heavy atom. The van der Waals surface area contributed by atoms with Gasteiger partial charge in [0.15, 0.2) is 11.2 Å². The predicted octanol–water partition coefficient (Wildman–Crippen LogP) is 3.51. The highest BCUT2D eigenvalue weighted by Crippen LogP contribution is 2.37. The van der Waals surface area contributed by atoms with Crippen molar-refractivity contribution in [3.63, 3.8) is 0 Å². The number of nitrogens with zero attached hydrogens (tertiary/aromatic N) is 3. The molecule has 0 spiro atoms. The van der Waals surface area contributed by atoms with Crippen LogP contribution in [0.1, 0.15) is 71.5 Å². The standard InChI is InChI=1S/C23H34F3N5O3/c1-4-5-11-30-20-19(21(33)29-22(30)34)31(13-14(2)3)17(28-20)9-10-18(32)27-16-8-6-7-15(12-16)23(24,25)26/h14-16H,4-13H2,1-3H3,(H,27,32)(H,29,33,34)/t15-,16-/m0/s1. The second-order valence-electron chi connectivity index (χ2n) is 9.64. The van der Waals surface area contributed by atoms with Crippen LogP contribution in [0, 0.1) is 11.8 Å². The van der Waals surface area contributed by atoms with E-state index in [-0.39, 0.29) is 37.5 Å². The number of imidazole rings is 1. The third-order valence-corrected chi connectivity index (χ3v) is 6.33. The molecular weight excluding hydrogens is 451 g/mol. The SMILES string of the molecule is CCCCn1c(=O)[nH]c(=O)c2c1nc(CCC(=O)N[C@H]1CCC[C@H](C(F)(F)F)C1)n2CC(C)C. The highest BCUT2D eigenvalue weighted by molar-refractivity contribution is 5.77. The Hall–Kier alpha value is -2.59. The highest BCUT2D eigenvalue weighted by atomic mass is 19.4. The van der Waals surface area contributed by atoms with Crippen LogP contribution in [0.25, 0.3) is 11.2 Å². The fourth-order valence-corrected chi connectivity index (χ4v) is 4.64. The summed E-state index contributed by atoms with van der Waals surface area (Å²) in [6.45, 7) is 6.88. The summed E-state index contributed by atoms with van der Waals surface area (Å²) < 4.78 is 42.4. The van der Waals surface area contributed by atoms with E-state index in [4.69, 9.17) is 0 Å². The number of halogens is 3. The fraction of sp³-hybridized carbons (Fsp3) is 0.739. The molecule has 190 valence electrons.